The van der Waals surface area contributed by atoms with Crippen LogP contribution in [0.1, 0.15) is 76.7 Å². The van der Waals surface area contributed by atoms with Gasteiger partial charge in [0, 0.05) is 42.4 Å². The van der Waals surface area contributed by atoms with Gasteiger partial charge >= 0.3 is 0 Å². The minimum atomic E-state index is -0.339. The van der Waals surface area contributed by atoms with Gasteiger partial charge in [-0.25, -0.2) is 0 Å². The lowest BCUT2D eigenvalue weighted by Gasteiger charge is -2.47. The van der Waals surface area contributed by atoms with E-state index in [0.29, 0.717) is 24.3 Å². The Hall–Kier alpha value is -1.71. The fourth-order valence-corrected chi connectivity index (χ4v) is 4.99. The van der Waals surface area contributed by atoms with Crippen molar-refractivity contribution < 1.29 is 19.4 Å². The number of phenols is 1. The average molecular weight is 344 g/mol. The number of benzene rings is 1. The van der Waals surface area contributed by atoms with Crippen molar-refractivity contribution in [1.82, 2.24) is 0 Å². The Kier molecular flexibility index (Phi) is 4.17. The van der Waals surface area contributed by atoms with E-state index in [9.17, 15) is 9.90 Å². The molecule has 4 rings (SSSR count). The Morgan fingerprint density at radius 1 is 1.16 bits per heavy atom. The fourth-order valence-electron chi connectivity index (χ4n) is 4.99. The zero-order valence-electron chi connectivity index (χ0n) is 15.2. The van der Waals surface area contributed by atoms with E-state index in [4.69, 9.17) is 9.47 Å². The fraction of sp³-hybridized carbons (Fsp3) is 0.667. The van der Waals surface area contributed by atoms with Crippen LogP contribution in [-0.4, -0.2) is 22.6 Å². The third-order valence-electron chi connectivity index (χ3n) is 6.25. The highest BCUT2D eigenvalue weighted by molar-refractivity contribution is 5.81. The van der Waals surface area contributed by atoms with Crippen LogP contribution in [0, 0.1) is 5.92 Å². The maximum atomic E-state index is 12.0. The van der Waals surface area contributed by atoms with Gasteiger partial charge in [-0.1, -0.05) is 6.42 Å². The minimum absolute atomic E-state index is 0.0451. The second-order valence-corrected chi connectivity index (χ2v) is 8.43. The smallest absolute Gasteiger partial charge is 0.133 e. The van der Waals surface area contributed by atoms with E-state index in [1.807, 2.05) is 6.07 Å². The second kappa shape index (κ2) is 6.22. The van der Waals surface area contributed by atoms with E-state index < -0.39 is 0 Å². The number of carbonyl (C=O) groups excluding carboxylic acids is 1. The van der Waals surface area contributed by atoms with Gasteiger partial charge in [0.1, 0.15) is 28.6 Å². The molecule has 0 spiro atoms. The number of aromatic hydroxyl groups is 1. The molecule has 1 aliphatic heterocycles. The zero-order valence-corrected chi connectivity index (χ0v) is 15.2. The monoisotopic (exact) mass is 344 g/mol. The number of fused-ring (bicyclic) bond motifs is 3. The van der Waals surface area contributed by atoms with Gasteiger partial charge < -0.3 is 14.6 Å². The highest BCUT2D eigenvalue weighted by Gasteiger charge is 2.47. The second-order valence-electron chi connectivity index (χ2n) is 8.43. The lowest BCUT2D eigenvalue weighted by molar-refractivity contribution is -0.124. The highest BCUT2D eigenvalue weighted by atomic mass is 16.5. The Morgan fingerprint density at radius 2 is 1.92 bits per heavy atom. The standard InChI is InChI=1S/C21H28O4/c1-21(2)17-9-8-13(22)10-16(17)20-18(23)11-15(12-19(20)25-21)24-14-6-4-3-5-7-14/h11-12,14,16-17,23H,3-10H2,1-2H3. The van der Waals surface area contributed by atoms with Gasteiger partial charge in [-0.05, 0) is 46.0 Å². The predicted octanol–water partition coefficient (Wildman–Crippen LogP) is 4.73. The molecule has 4 heteroatoms. The summed E-state index contributed by atoms with van der Waals surface area (Å²) in [7, 11) is 0. The van der Waals surface area contributed by atoms with Crippen LogP contribution in [0.15, 0.2) is 12.1 Å². The Balaban J connectivity index is 1.66. The van der Waals surface area contributed by atoms with Crippen LogP contribution in [0.2, 0.25) is 0 Å². The molecular formula is C21H28O4. The molecule has 25 heavy (non-hydrogen) atoms. The Bertz CT molecular complexity index is 673. The van der Waals surface area contributed by atoms with Crippen molar-refractivity contribution in [3.05, 3.63) is 17.7 Å². The van der Waals surface area contributed by atoms with Gasteiger partial charge in [0.15, 0.2) is 0 Å². The Labute approximate surface area is 149 Å². The van der Waals surface area contributed by atoms with Gasteiger partial charge in [0.25, 0.3) is 0 Å². The first kappa shape index (κ1) is 16.7. The normalized spacial score (nSPS) is 28.6. The molecule has 2 fully saturated rings. The van der Waals surface area contributed by atoms with Crippen LogP contribution in [0.3, 0.4) is 0 Å². The molecule has 0 amide bonds. The molecule has 2 aliphatic carbocycles. The van der Waals surface area contributed by atoms with Crippen molar-refractivity contribution in [1.29, 1.82) is 0 Å². The quantitative estimate of drug-likeness (QED) is 0.843. The summed E-state index contributed by atoms with van der Waals surface area (Å²) in [5.41, 5.74) is 0.460. The Morgan fingerprint density at radius 3 is 2.68 bits per heavy atom. The largest absolute Gasteiger partial charge is 0.507 e. The predicted molar refractivity (Wildman–Crippen MR) is 95.4 cm³/mol. The molecule has 136 valence electrons. The number of phenolic OH excluding ortho intramolecular Hbond substituents is 1. The van der Waals surface area contributed by atoms with Gasteiger partial charge in [0.2, 0.25) is 0 Å². The molecule has 1 N–H and O–H groups in total. The van der Waals surface area contributed by atoms with Crippen molar-refractivity contribution >= 4 is 5.78 Å². The highest BCUT2D eigenvalue weighted by Crippen LogP contribution is 2.54. The molecule has 0 aromatic heterocycles. The summed E-state index contributed by atoms with van der Waals surface area (Å²) in [4.78, 5) is 12.0. The molecule has 2 saturated carbocycles. The van der Waals surface area contributed by atoms with Crippen molar-refractivity contribution in [2.24, 2.45) is 5.92 Å². The molecule has 2 unspecified atom stereocenters. The van der Waals surface area contributed by atoms with Gasteiger partial charge in [-0.2, -0.15) is 0 Å². The first-order valence-electron chi connectivity index (χ1n) is 9.68. The lowest BCUT2D eigenvalue weighted by Crippen LogP contribution is -2.47. The number of ether oxygens (including phenoxy) is 2. The van der Waals surface area contributed by atoms with E-state index in [0.717, 1.165) is 24.8 Å². The zero-order chi connectivity index (χ0) is 17.6. The summed E-state index contributed by atoms with van der Waals surface area (Å²) in [5, 5.41) is 10.7. The van der Waals surface area contributed by atoms with Gasteiger partial charge in [-0.15, -0.1) is 0 Å². The van der Waals surface area contributed by atoms with Gasteiger partial charge in [-0.3, -0.25) is 4.79 Å². The summed E-state index contributed by atoms with van der Waals surface area (Å²) >= 11 is 0. The molecule has 0 radical (unpaired) electrons. The summed E-state index contributed by atoms with van der Waals surface area (Å²) in [6, 6.07) is 3.63. The summed E-state index contributed by atoms with van der Waals surface area (Å²) in [6.07, 6.45) is 8.01. The van der Waals surface area contributed by atoms with E-state index in [1.54, 1.807) is 6.07 Å². The summed E-state index contributed by atoms with van der Waals surface area (Å²) in [5.74, 6) is 2.17. The van der Waals surface area contributed by atoms with Crippen molar-refractivity contribution in [2.75, 3.05) is 0 Å². The topological polar surface area (TPSA) is 55.8 Å². The molecule has 4 nitrogen and oxygen atoms in total. The number of ketones is 1. The SMILES string of the molecule is CC1(C)Oc2cc(OC3CCCCC3)cc(O)c2C2CC(=O)CCC21. The number of rotatable bonds is 2. The van der Waals surface area contributed by atoms with E-state index in [-0.39, 0.29) is 35.1 Å². The lowest BCUT2D eigenvalue weighted by atomic mass is 9.66. The van der Waals surface area contributed by atoms with E-state index in [2.05, 4.69) is 13.8 Å². The van der Waals surface area contributed by atoms with Crippen LogP contribution < -0.4 is 9.47 Å². The van der Waals surface area contributed by atoms with Crippen LogP contribution >= 0.6 is 0 Å². The maximum Gasteiger partial charge on any atom is 0.133 e. The van der Waals surface area contributed by atoms with E-state index >= 15 is 0 Å². The maximum absolute atomic E-state index is 12.0. The van der Waals surface area contributed by atoms with Crippen LogP contribution in [0.5, 0.6) is 17.2 Å². The molecular weight excluding hydrogens is 316 g/mol. The first-order chi connectivity index (χ1) is 11.9. The average Bonchev–Trinajstić information content (AvgIpc) is 2.54. The first-order valence-corrected chi connectivity index (χ1v) is 9.68. The molecule has 0 bridgehead atoms. The third-order valence-corrected chi connectivity index (χ3v) is 6.25. The van der Waals surface area contributed by atoms with Gasteiger partial charge in [0.05, 0.1) is 6.10 Å². The minimum Gasteiger partial charge on any atom is -0.507 e. The van der Waals surface area contributed by atoms with Crippen molar-refractivity contribution in [3.63, 3.8) is 0 Å². The molecule has 3 aliphatic rings. The van der Waals surface area contributed by atoms with Crippen molar-refractivity contribution in [3.8, 4) is 17.2 Å². The van der Waals surface area contributed by atoms with Crippen LogP contribution in [0.4, 0.5) is 0 Å². The third kappa shape index (κ3) is 3.11. The summed E-state index contributed by atoms with van der Waals surface area (Å²) < 4.78 is 12.4. The van der Waals surface area contributed by atoms with E-state index in [1.165, 1.54) is 19.3 Å². The molecule has 1 heterocycles. The molecule has 1 aromatic carbocycles. The number of hydrogen-bond acceptors (Lipinski definition) is 4. The molecule has 2 atom stereocenters. The van der Waals surface area contributed by atoms with Crippen LogP contribution in [0.25, 0.3) is 0 Å². The molecule has 1 aromatic rings. The van der Waals surface area contributed by atoms with Crippen LogP contribution in [-0.2, 0) is 4.79 Å². The summed E-state index contributed by atoms with van der Waals surface area (Å²) in [6.45, 7) is 4.18. The number of carbonyl (C=O) groups is 1. The molecule has 0 saturated heterocycles. The number of Topliss-reactive ketones (excluding diaryl/α,β-unsaturated/α-hetero) is 1. The number of hydrogen-bond donors (Lipinski definition) is 1. The van der Waals surface area contributed by atoms with Crippen molar-refractivity contribution in [2.45, 2.75) is 82.8 Å².